The molecule has 41 heteroatoms. The minimum absolute atomic E-state index is 0.0477. The Morgan fingerprint density at radius 3 is 1.22 bits per heavy atom. The number of phenolic OH excluding ortho intramolecular Hbond substituents is 2. The van der Waals surface area contributed by atoms with Crippen molar-refractivity contribution in [1.29, 1.82) is 0 Å². The minimum atomic E-state index is -2.07. The van der Waals surface area contributed by atoms with E-state index in [9.17, 15) is 112 Å². The zero-order valence-corrected chi connectivity index (χ0v) is 62.5. The molecule has 0 aliphatic rings. The second-order valence-corrected chi connectivity index (χ2v) is 27.5. The highest BCUT2D eigenvalue weighted by Crippen LogP contribution is 2.18. The number of aliphatic hydroxyl groups is 2. The van der Waals surface area contributed by atoms with Crippen molar-refractivity contribution in [3.8, 4) is 11.5 Å². The summed E-state index contributed by atoms with van der Waals surface area (Å²) >= 11 is 0. The molecule has 41 nitrogen and oxygen atoms in total. The molecule has 0 saturated heterocycles. The SMILES string of the molecule is CC[C@H](C)[C@H](NC(=O)[C@H](CC(C)C)NC(=O)[C@@H](N)CCC(=O)O)C(=O)N[C@@H](CC(C)C)C(=O)N[C@@H](CCC(=O)O)C(=O)N[C@@H](CC(N)=O)C(=O)N[C@@H](Cc1cnc[nH]1)C(=O)N[C@@H](Cc1ccc(O)cc1)C(=O)N[C@@H](CC(N)=O)C(=O)N[C@H](C(=O)N[C@@H](Cc1ccc(O)cc1)C(=O)N[C@@H](C)C(=O)N[C@@H](CO)C(=O)O)[C@@H](C)O. The molecule has 0 saturated carbocycles. The number of aliphatic hydroxyl groups excluding tert-OH is 2. The van der Waals surface area contributed by atoms with Crippen LogP contribution in [-0.4, -0.2) is 238 Å². The second-order valence-electron chi connectivity index (χ2n) is 27.5. The van der Waals surface area contributed by atoms with Gasteiger partial charge in [-0.25, -0.2) is 9.78 Å². The van der Waals surface area contributed by atoms with Crippen LogP contribution in [0.1, 0.15) is 130 Å². The number of carbonyl (C=O) groups excluding carboxylic acids is 14. The van der Waals surface area contributed by atoms with Crippen LogP contribution >= 0.6 is 0 Å². The predicted octanol–water partition coefficient (Wildman–Crippen LogP) is -5.91. The van der Waals surface area contributed by atoms with E-state index in [4.69, 9.17) is 22.3 Å². The van der Waals surface area contributed by atoms with Gasteiger partial charge in [0, 0.05) is 44.0 Å². The summed E-state index contributed by atoms with van der Waals surface area (Å²) in [6.45, 7) is 11.3. The van der Waals surface area contributed by atoms with E-state index in [-0.39, 0.29) is 60.3 Å². The molecule has 15 atom stereocenters. The van der Waals surface area contributed by atoms with Crippen LogP contribution in [0.2, 0.25) is 0 Å². The van der Waals surface area contributed by atoms with Gasteiger partial charge in [-0.2, -0.15) is 0 Å². The van der Waals surface area contributed by atoms with Crippen LogP contribution in [0.15, 0.2) is 61.1 Å². The third kappa shape index (κ3) is 33.2. The first-order valence-corrected chi connectivity index (χ1v) is 35.5. The smallest absolute Gasteiger partial charge is 0.328 e. The standard InChI is InChI=1S/C70H103N17O24/c1-9-34(6)56(86-66(106)45(23-33(4)5)78-59(99)42(71)18-20-54(94)95)68(108)83-44(22-32(2)3)62(102)77-43(19-21-55(96)97)60(100)81-49(27-52(72)92)65(105)80-48(26-39-29-74-31-75-39)64(104)79-47(25-38-12-16-41(91)17-13-38)63(103)82-50(28-53(73)93)67(107)87-57(36(8)89)69(109)84-46(24-37-10-14-40(90)15-11-37)61(101)76-35(7)58(98)85-51(30-88)70(110)111/h10-17,29,31-36,42-51,56-57,88-91H,9,18-28,30,71H2,1-8H3,(H2,72,92)(H2,73,93)(H,74,75)(H,76,101)(H,77,102)(H,78,99)(H,79,104)(H,80,105)(H,81,100)(H,82,103)(H,83,108)(H,84,109)(H,85,98)(H,86,106)(H,87,107)(H,94,95)(H,96,97)(H,110,111)/t34-,35-,36+,42-,43-,44-,45-,46-,47-,48-,49-,50-,51-,56-,57-/m0/s1. The average Bonchev–Trinajstić information content (AvgIpc) is 1.83. The Morgan fingerprint density at radius 2 is 0.793 bits per heavy atom. The number of phenols is 2. The van der Waals surface area contributed by atoms with E-state index in [1.54, 1.807) is 41.5 Å². The molecule has 0 aliphatic heterocycles. The van der Waals surface area contributed by atoms with Gasteiger partial charge in [-0.15, -0.1) is 0 Å². The van der Waals surface area contributed by atoms with Crippen molar-refractivity contribution in [2.24, 2.45) is 35.0 Å². The lowest BCUT2D eigenvalue weighted by molar-refractivity contribution is -0.143. The molecule has 3 rings (SSSR count). The van der Waals surface area contributed by atoms with Gasteiger partial charge in [-0.1, -0.05) is 72.2 Å². The molecule has 0 unspecified atom stereocenters. The Balaban J connectivity index is 2.02. The molecule has 0 bridgehead atoms. The number of carboxylic acids is 3. The quantitative estimate of drug-likeness (QED) is 0.0250. The lowest BCUT2D eigenvalue weighted by atomic mass is 9.95. The second kappa shape index (κ2) is 45.8. The van der Waals surface area contributed by atoms with Crippen molar-refractivity contribution in [3.05, 3.63) is 77.9 Å². The van der Waals surface area contributed by atoms with E-state index in [0.717, 1.165) is 13.8 Å². The van der Waals surface area contributed by atoms with Crippen molar-refractivity contribution in [3.63, 3.8) is 0 Å². The number of nitrogens with two attached hydrogens (primary N) is 3. The number of hydrogen-bond donors (Lipinski definition) is 23. The van der Waals surface area contributed by atoms with Crippen LogP contribution in [0.5, 0.6) is 11.5 Å². The van der Waals surface area contributed by atoms with Crippen LogP contribution in [-0.2, 0) is 101 Å². The number of rotatable bonds is 49. The van der Waals surface area contributed by atoms with E-state index >= 15 is 0 Å². The lowest BCUT2D eigenvalue weighted by Crippen LogP contribution is -2.62. The van der Waals surface area contributed by atoms with Gasteiger partial charge in [0.1, 0.15) is 84.0 Å². The fourth-order valence-electron chi connectivity index (χ4n) is 10.8. The third-order valence-electron chi connectivity index (χ3n) is 17.1. The van der Waals surface area contributed by atoms with Crippen LogP contribution in [0, 0.1) is 17.8 Å². The number of aromatic hydroxyl groups is 2. The van der Waals surface area contributed by atoms with Crippen molar-refractivity contribution in [2.75, 3.05) is 6.61 Å². The molecule has 612 valence electrons. The summed E-state index contributed by atoms with van der Waals surface area (Å²) in [7, 11) is 0. The number of carboxylic acid groups (broad SMARTS) is 3. The first-order valence-electron chi connectivity index (χ1n) is 35.5. The number of aromatic nitrogens is 2. The first kappa shape index (κ1) is 93.3. The van der Waals surface area contributed by atoms with E-state index in [1.165, 1.54) is 61.1 Å². The average molecular weight is 1570 g/mol. The topological polar surface area (TPSA) is 683 Å². The van der Waals surface area contributed by atoms with Gasteiger partial charge in [0.15, 0.2) is 0 Å². The Labute approximate surface area is 637 Å². The number of nitrogens with one attached hydrogen (secondary N) is 13. The number of H-pyrrole nitrogens is 1. The molecular formula is C70H103N17O24. The number of benzene rings is 2. The van der Waals surface area contributed by atoms with E-state index in [2.05, 4.69) is 68.5 Å². The number of primary amides is 2. The van der Waals surface area contributed by atoms with E-state index in [0.29, 0.717) is 5.56 Å². The molecule has 0 fully saturated rings. The maximum atomic E-state index is 14.8. The molecule has 0 aliphatic carbocycles. The Bertz CT molecular complexity index is 3730. The molecule has 14 amide bonds. The first-order chi connectivity index (χ1) is 52.0. The Morgan fingerprint density at radius 1 is 0.432 bits per heavy atom. The van der Waals surface area contributed by atoms with Crippen molar-refractivity contribution >= 4 is 101 Å². The fourth-order valence-corrected chi connectivity index (χ4v) is 10.8. The van der Waals surface area contributed by atoms with Gasteiger partial charge >= 0.3 is 17.9 Å². The normalized spacial score (nSPS) is 15.2. The van der Waals surface area contributed by atoms with Gasteiger partial charge in [0.05, 0.1) is 37.9 Å². The summed E-state index contributed by atoms with van der Waals surface area (Å²) in [6, 6.07) is -12.0. The molecule has 2 aromatic carbocycles. The monoisotopic (exact) mass is 1570 g/mol. The largest absolute Gasteiger partial charge is 0.508 e. The zero-order chi connectivity index (χ0) is 83.7. The van der Waals surface area contributed by atoms with Crippen molar-refractivity contribution < 1.29 is 117 Å². The molecule has 0 spiro atoms. The van der Waals surface area contributed by atoms with Gasteiger partial charge < -0.3 is 122 Å². The molecular weight excluding hydrogens is 1460 g/mol. The summed E-state index contributed by atoms with van der Waals surface area (Å²) < 4.78 is 0. The number of hydrogen-bond acceptors (Lipinski definition) is 23. The molecule has 0 radical (unpaired) electrons. The molecule has 3 aromatic rings. The van der Waals surface area contributed by atoms with Crippen LogP contribution in [0.3, 0.4) is 0 Å². The van der Waals surface area contributed by atoms with E-state index < -0.39 is 249 Å². The summed E-state index contributed by atoms with van der Waals surface area (Å²) in [6.07, 6.45) is -4.96. The maximum absolute atomic E-state index is 14.8. The van der Waals surface area contributed by atoms with Gasteiger partial charge in [0.2, 0.25) is 82.7 Å². The Kier molecular flexibility index (Phi) is 38.5. The minimum Gasteiger partial charge on any atom is -0.508 e. The number of aromatic amines is 1. The highest BCUT2D eigenvalue weighted by molar-refractivity contribution is 6.01. The van der Waals surface area contributed by atoms with Gasteiger partial charge in [-0.05, 0) is 92.7 Å². The number of imidazole rings is 1. The van der Waals surface area contributed by atoms with Crippen LogP contribution in [0.4, 0.5) is 0 Å². The summed E-state index contributed by atoms with van der Waals surface area (Å²) in [5.41, 5.74) is 17.7. The number of nitrogens with zero attached hydrogens (tertiary/aromatic N) is 1. The van der Waals surface area contributed by atoms with Crippen molar-refractivity contribution in [2.45, 2.75) is 217 Å². The fraction of sp³-hybridized carbons (Fsp3) is 0.543. The van der Waals surface area contributed by atoms with Crippen LogP contribution < -0.4 is 81.0 Å². The number of aliphatic carboxylic acids is 3. The predicted molar refractivity (Wildman–Crippen MR) is 389 cm³/mol. The summed E-state index contributed by atoms with van der Waals surface area (Å²) in [5, 5.41) is 97.1. The van der Waals surface area contributed by atoms with Gasteiger partial charge in [-0.3, -0.25) is 76.7 Å². The molecule has 1 heterocycles. The zero-order valence-electron chi connectivity index (χ0n) is 62.5. The highest BCUT2D eigenvalue weighted by Gasteiger charge is 2.40. The number of carbonyl (C=O) groups is 17. The Hall–Kier alpha value is -11.9. The maximum Gasteiger partial charge on any atom is 0.328 e. The summed E-state index contributed by atoms with van der Waals surface area (Å²) in [4.78, 5) is 236. The van der Waals surface area contributed by atoms with Gasteiger partial charge in [0.25, 0.3) is 0 Å². The number of amides is 14. The molecule has 26 N–H and O–H groups in total. The molecule has 1 aromatic heterocycles. The highest BCUT2D eigenvalue weighted by atomic mass is 16.4. The summed E-state index contributed by atoms with van der Waals surface area (Å²) in [5.74, 6) is -22.0. The van der Waals surface area contributed by atoms with E-state index in [1.807, 2.05) is 5.32 Å². The third-order valence-corrected chi connectivity index (χ3v) is 17.1. The van der Waals surface area contributed by atoms with Crippen LogP contribution in [0.25, 0.3) is 0 Å². The lowest BCUT2D eigenvalue weighted by Gasteiger charge is -2.30. The molecule has 111 heavy (non-hydrogen) atoms. The van der Waals surface area contributed by atoms with Crippen molar-refractivity contribution in [1.82, 2.24) is 73.8 Å².